The van der Waals surface area contributed by atoms with Crippen molar-refractivity contribution in [1.29, 1.82) is 0 Å². The van der Waals surface area contributed by atoms with Crippen molar-refractivity contribution in [2.24, 2.45) is 5.73 Å². The molecule has 1 saturated heterocycles. The Labute approximate surface area is 66.6 Å². The summed E-state index contributed by atoms with van der Waals surface area (Å²) >= 11 is 4.87. The zero-order chi connectivity index (χ0) is 7.56. The highest BCUT2D eigenvalue weighted by atomic mass is 32.1. The maximum absolute atomic E-state index is 5.49. The van der Waals surface area contributed by atoms with Gasteiger partial charge in [0, 0.05) is 25.7 Å². The fourth-order valence-electron chi connectivity index (χ4n) is 1.17. The molecule has 4 heteroatoms. The summed E-state index contributed by atoms with van der Waals surface area (Å²) < 4.78 is 0. The second kappa shape index (κ2) is 3.16. The molecule has 0 radical (unpaired) electrons. The van der Waals surface area contributed by atoms with E-state index in [1.54, 1.807) is 0 Å². The molecular formula is C6H13N3S. The van der Waals surface area contributed by atoms with E-state index in [-0.39, 0.29) is 0 Å². The molecule has 58 valence electrons. The summed E-state index contributed by atoms with van der Waals surface area (Å²) in [6.07, 6.45) is 0. The van der Waals surface area contributed by atoms with Crippen LogP contribution in [0.1, 0.15) is 6.92 Å². The molecule has 0 bridgehead atoms. The zero-order valence-corrected chi connectivity index (χ0v) is 6.95. The minimum Gasteiger partial charge on any atom is -0.376 e. The van der Waals surface area contributed by atoms with E-state index >= 15 is 0 Å². The van der Waals surface area contributed by atoms with Crippen LogP contribution in [0.3, 0.4) is 0 Å². The molecule has 10 heavy (non-hydrogen) atoms. The van der Waals surface area contributed by atoms with Gasteiger partial charge in [0.25, 0.3) is 0 Å². The summed E-state index contributed by atoms with van der Waals surface area (Å²) in [5.74, 6) is 0. The lowest BCUT2D eigenvalue weighted by molar-refractivity contribution is 0.276. The van der Waals surface area contributed by atoms with Crippen molar-refractivity contribution in [3.8, 4) is 0 Å². The van der Waals surface area contributed by atoms with Crippen LogP contribution >= 0.6 is 12.2 Å². The van der Waals surface area contributed by atoms with E-state index in [0.29, 0.717) is 11.2 Å². The molecule has 1 heterocycles. The van der Waals surface area contributed by atoms with Gasteiger partial charge in [0.2, 0.25) is 0 Å². The molecule has 1 aliphatic rings. The highest BCUT2D eigenvalue weighted by Crippen LogP contribution is 2.00. The van der Waals surface area contributed by atoms with Crippen molar-refractivity contribution in [1.82, 2.24) is 10.2 Å². The largest absolute Gasteiger partial charge is 0.376 e. The standard InChI is InChI=1S/C6H13N3S/c1-5-4-8-2-3-9(5)6(7)10/h5,8H,2-4H2,1H3,(H2,7,10). The van der Waals surface area contributed by atoms with E-state index in [0.717, 1.165) is 19.6 Å². The number of hydrogen-bond acceptors (Lipinski definition) is 2. The number of nitrogens with two attached hydrogens (primary N) is 1. The van der Waals surface area contributed by atoms with Crippen LogP contribution in [0, 0.1) is 0 Å². The van der Waals surface area contributed by atoms with Gasteiger partial charge in [-0.25, -0.2) is 0 Å². The number of nitrogens with one attached hydrogen (secondary N) is 1. The lowest BCUT2D eigenvalue weighted by Crippen LogP contribution is -2.53. The number of hydrogen-bond donors (Lipinski definition) is 2. The van der Waals surface area contributed by atoms with Crippen molar-refractivity contribution in [3.63, 3.8) is 0 Å². The van der Waals surface area contributed by atoms with Crippen LogP contribution in [0.15, 0.2) is 0 Å². The lowest BCUT2D eigenvalue weighted by atomic mass is 10.2. The highest BCUT2D eigenvalue weighted by Gasteiger charge is 2.17. The van der Waals surface area contributed by atoms with Gasteiger partial charge < -0.3 is 16.0 Å². The molecule has 0 aliphatic carbocycles. The maximum atomic E-state index is 5.49. The van der Waals surface area contributed by atoms with E-state index < -0.39 is 0 Å². The van der Waals surface area contributed by atoms with Crippen molar-refractivity contribution < 1.29 is 0 Å². The summed E-state index contributed by atoms with van der Waals surface area (Å²) in [4.78, 5) is 2.05. The average Bonchev–Trinajstić information content (AvgIpc) is 1.88. The van der Waals surface area contributed by atoms with Gasteiger partial charge in [0.1, 0.15) is 0 Å². The normalized spacial score (nSPS) is 26.5. The minimum atomic E-state index is 0.450. The Morgan fingerprint density at radius 3 is 2.90 bits per heavy atom. The van der Waals surface area contributed by atoms with Crippen molar-refractivity contribution >= 4 is 17.3 Å². The van der Waals surface area contributed by atoms with Crippen LogP contribution in [0.25, 0.3) is 0 Å². The highest BCUT2D eigenvalue weighted by molar-refractivity contribution is 7.80. The Balaban J connectivity index is 2.47. The second-order valence-corrected chi connectivity index (χ2v) is 3.00. The molecule has 0 amide bonds. The van der Waals surface area contributed by atoms with Crippen LogP contribution in [0.5, 0.6) is 0 Å². The van der Waals surface area contributed by atoms with Gasteiger partial charge >= 0.3 is 0 Å². The third-order valence-corrected chi connectivity index (χ3v) is 2.02. The van der Waals surface area contributed by atoms with Gasteiger partial charge in [-0.3, -0.25) is 0 Å². The Kier molecular flexibility index (Phi) is 2.45. The number of rotatable bonds is 0. The molecule has 1 aliphatic heterocycles. The van der Waals surface area contributed by atoms with E-state index in [1.165, 1.54) is 0 Å². The first-order valence-electron chi connectivity index (χ1n) is 3.48. The molecular weight excluding hydrogens is 146 g/mol. The monoisotopic (exact) mass is 159 g/mol. The first-order valence-corrected chi connectivity index (χ1v) is 3.89. The van der Waals surface area contributed by atoms with Gasteiger partial charge in [-0.15, -0.1) is 0 Å². The average molecular weight is 159 g/mol. The fraction of sp³-hybridized carbons (Fsp3) is 0.833. The van der Waals surface area contributed by atoms with Gasteiger partial charge in [-0.05, 0) is 19.1 Å². The topological polar surface area (TPSA) is 41.3 Å². The van der Waals surface area contributed by atoms with Crippen LogP contribution in [0.4, 0.5) is 0 Å². The lowest BCUT2D eigenvalue weighted by Gasteiger charge is -2.34. The molecule has 1 unspecified atom stereocenters. The predicted molar refractivity (Wildman–Crippen MR) is 45.8 cm³/mol. The molecule has 0 aromatic rings. The summed E-state index contributed by atoms with van der Waals surface area (Å²) in [5, 5.41) is 3.78. The maximum Gasteiger partial charge on any atom is 0.166 e. The summed E-state index contributed by atoms with van der Waals surface area (Å²) in [5.41, 5.74) is 5.49. The summed E-state index contributed by atoms with van der Waals surface area (Å²) in [6.45, 7) is 5.03. The quantitative estimate of drug-likeness (QED) is 0.469. The SMILES string of the molecule is CC1CNCCN1C(N)=S. The fourth-order valence-corrected chi connectivity index (χ4v) is 1.44. The molecule has 0 aromatic heterocycles. The second-order valence-electron chi connectivity index (χ2n) is 2.58. The van der Waals surface area contributed by atoms with Crippen LogP contribution < -0.4 is 11.1 Å². The molecule has 0 saturated carbocycles. The van der Waals surface area contributed by atoms with Crippen LogP contribution in [-0.2, 0) is 0 Å². The molecule has 1 atom stereocenters. The Morgan fingerprint density at radius 1 is 1.80 bits per heavy atom. The third kappa shape index (κ3) is 1.58. The number of thiocarbonyl (C=S) groups is 1. The minimum absolute atomic E-state index is 0.450. The first kappa shape index (κ1) is 7.75. The van der Waals surface area contributed by atoms with E-state index in [4.69, 9.17) is 18.0 Å². The van der Waals surface area contributed by atoms with E-state index in [1.807, 2.05) is 4.90 Å². The van der Waals surface area contributed by atoms with Crippen molar-refractivity contribution in [2.45, 2.75) is 13.0 Å². The molecule has 1 fully saturated rings. The Bertz CT molecular complexity index is 137. The Hall–Kier alpha value is -0.350. The smallest absolute Gasteiger partial charge is 0.166 e. The predicted octanol–water partition coefficient (Wildman–Crippen LogP) is -0.476. The van der Waals surface area contributed by atoms with Crippen LogP contribution in [-0.4, -0.2) is 35.7 Å². The molecule has 3 nitrogen and oxygen atoms in total. The van der Waals surface area contributed by atoms with Gasteiger partial charge in [-0.1, -0.05) is 0 Å². The molecule has 0 spiro atoms. The molecule has 0 aromatic carbocycles. The van der Waals surface area contributed by atoms with Crippen LogP contribution in [0.2, 0.25) is 0 Å². The van der Waals surface area contributed by atoms with Gasteiger partial charge in [0.05, 0.1) is 0 Å². The van der Waals surface area contributed by atoms with Gasteiger partial charge in [0.15, 0.2) is 5.11 Å². The van der Waals surface area contributed by atoms with Gasteiger partial charge in [-0.2, -0.15) is 0 Å². The van der Waals surface area contributed by atoms with E-state index in [9.17, 15) is 0 Å². The molecule has 1 rings (SSSR count). The van der Waals surface area contributed by atoms with E-state index in [2.05, 4.69) is 12.2 Å². The summed E-state index contributed by atoms with van der Waals surface area (Å²) in [6, 6.07) is 0.450. The first-order chi connectivity index (χ1) is 4.72. The van der Waals surface area contributed by atoms with Crippen molar-refractivity contribution in [3.05, 3.63) is 0 Å². The molecule has 3 N–H and O–H groups in total. The summed E-state index contributed by atoms with van der Waals surface area (Å²) in [7, 11) is 0. The number of nitrogens with zero attached hydrogens (tertiary/aromatic N) is 1. The Morgan fingerprint density at radius 2 is 2.50 bits per heavy atom. The van der Waals surface area contributed by atoms with Crippen molar-refractivity contribution in [2.75, 3.05) is 19.6 Å². The zero-order valence-electron chi connectivity index (χ0n) is 6.13. The third-order valence-electron chi connectivity index (χ3n) is 1.78. The number of piperazine rings is 1.